The standard InChI is InChI=1S/C12H11F3N2O4S/c13-12(14,15)8-21-6-11(18)17-22(19,20)7-10-3-1-9(5-16)2-4-10/h1-4H,6-8H2,(H,17,18). The summed E-state index contributed by atoms with van der Waals surface area (Å²) in [6, 6.07) is 7.44. The van der Waals surface area contributed by atoms with Gasteiger partial charge in [-0.3, -0.25) is 9.52 Å². The van der Waals surface area contributed by atoms with Crippen LogP contribution in [0.15, 0.2) is 24.3 Å². The Morgan fingerprint density at radius 1 is 1.27 bits per heavy atom. The Labute approximate surface area is 124 Å². The highest BCUT2D eigenvalue weighted by molar-refractivity contribution is 7.89. The van der Waals surface area contributed by atoms with E-state index in [1.54, 1.807) is 4.72 Å². The number of alkyl halides is 3. The number of nitrogens with zero attached hydrogens (tertiary/aromatic N) is 1. The van der Waals surface area contributed by atoms with Gasteiger partial charge in [-0.2, -0.15) is 18.4 Å². The molecule has 0 aromatic heterocycles. The molecule has 10 heteroatoms. The van der Waals surface area contributed by atoms with Gasteiger partial charge in [0.15, 0.2) is 0 Å². The van der Waals surface area contributed by atoms with Crippen LogP contribution < -0.4 is 4.72 Å². The number of amides is 1. The second-order valence-electron chi connectivity index (χ2n) is 4.20. The van der Waals surface area contributed by atoms with Crippen LogP contribution in [0.3, 0.4) is 0 Å². The molecule has 1 amide bonds. The van der Waals surface area contributed by atoms with E-state index in [0.29, 0.717) is 11.1 Å². The van der Waals surface area contributed by atoms with Gasteiger partial charge in [-0.05, 0) is 17.7 Å². The first-order valence-corrected chi connectivity index (χ1v) is 7.43. The number of rotatable bonds is 6. The molecule has 0 heterocycles. The van der Waals surface area contributed by atoms with Crippen molar-refractivity contribution in [1.82, 2.24) is 4.72 Å². The molecule has 0 radical (unpaired) electrons. The fraction of sp³-hybridized carbons (Fsp3) is 0.333. The zero-order chi connectivity index (χ0) is 16.8. The predicted octanol–water partition coefficient (Wildman–Crippen LogP) is 1.08. The number of nitrogens with one attached hydrogen (secondary N) is 1. The summed E-state index contributed by atoms with van der Waals surface area (Å²) in [6.45, 7) is -2.66. The summed E-state index contributed by atoms with van der Waals surface area (Å²) in [5, 5.41) is 8.60. The number of hydrogen-bond acceptors (Lipinski definition) is 5. The lowest BCUT2D eigenvalue weighted by molar-refractivity contribution is -0.175. The summed E-state index contributed by atoms with van der Waals surface area (Å²) in [7, 11) is -4.06. The van der Waals surface area contributed by atoms with Crippen molar-refractivity contribution in [3.8, 4) is 6.07 Å². The number of sulfonamides is 1. The molecule has 6 nitrogen and oxygen atoms in total. The van der Waals surface area contributed by atoms with Gasteiger partial charge >= 0.3 is 6.18 Å². The number of carbonyl (C=O) groups excluding carboxylic acids is 1. The SMILES string of the molecule is N#Cc1ccc(CS(=O)(=O)NC(=O)COCC(F)(F)F)cc1. The summed E-state index contributed by atoms with van der Waals surface area (Å²) in [5.74, 6) is -1.75. The van der Waals surface area contributed by atoms with Crippen molar-refractivity contribution in [3.63, 3.8) is 0 Å². The summed E-state index contributed by atoms with van der Waals surface area (Å²) in [5.41, 5.74) is 0.654. The molecule has 0 saturated carbocycles. The van der Waals surface area contributed by atoms with Gasteiger partial charge < -0.3 is 4.74 Å². The van der Waals surface area contributed by atoms with Crippen molar-refractivity contribution in [1.29, 1.82) is 5.26 Å². The van der Waals surface area contributed by atoms with Crippen LogP contribution in [0.1, 0.15) is 11.1 Å². The first kappa shape index (κ1) is 17.9. The van der Waals surface area contributed by atoms with E-state index in [1.165, 1.54) is 24.3 Å². The Kier molecular flexibility index (Phi) is 5.90. The van der Waals surface area contributed by atoms with Gasteiger partial charge in [0, 0.05) is 0 Å². The smallest absolute Gasteiger partial charge is 0.362 e. The predicted molar refractivity (Wildman–Crippen MR) is 68.8 cm³/mol. The number of nitriles is 1. The molecule has 120 valence electrons. The second kappa shape index (κ2) is 7.24. The number of halogens is 3. The minimum Gasteiger partial charge on any atom is -0.362 e. The van der Waals surface area contributed by atoms with Gasteiger partial charge in [-0.25, -0.2) is 8.42 Å². The molecule has 0 fully saturated rings. The van der Waals surface area contributed by atoms with Gasteiger partial charge in [-0.15, -0.1) is 0 Å². The maximum absolute atomic E-state index is 11.8. The highest BCUT2D eigenvalue weighted by Crippen LogP contribution is 2.14. The van der Waals surface area contributed by atoms with Crippen molar-refractivity contribution in [2.75, 3.05) is 13.2 Å². The highest BCUT2D eigenvalue weighted by Gasteiger charge is 2.28. The fourth-order valence-electron chi connectivity index (χ4n) is 1.39. The van der Waals surface area contributed by atoms with Crippen LogP contribution in [0.4, 0.5) is 13.2 Å². The van der Waals surface area contributed by atoms with Gasteiger partial charge in [-0.1, -0.05) is 12.1 Å². The van der Waals surface area contributed by atoms with Crippen molar-refractivity contribution in [2.45, 2.75) is 11.9 Å². The number of carbonyl (C=O) groups is 1. The zero-order valence-electron chi connectivity index (χ0n) is 11.1. The molecule has 1 aromatic carbocycles. The summed E-state index contributed by atoms with van der Waals surface area (Å²) in [4.78, 5) is 11.2. The molecule has 0 atom stereocenters. The lowest BCUT2D eigenvalue weighted by Gasteiger charge is -2.09. The molecule has 1 aromatic rings. The van der Waals surface area contributed by atoms with E-state index in [2.05, 4.69) is 4.74 Å². The van der Waals surface area contributed by atoms with Crippen molar-refractivity contribution in [2.24, 2.45) is 0 Å². The average Bonchev–Trinajstić information content (AvgIpc) is 2.36. The first-order valence-electron chi connectivity index (χ1n) is 5.78. The minimum atomic E-state index is -4.60. The van der Waals surface area contributed by atoms with Crippen LogP contribution in [-0.4, -0.2) is 33.7 Å². The Hall–Kier alpha value is -2.12. The first-order chi connectivity index (χ1) is 10.1. The molecule has 1 N–H and O–H groups in total. The van der Waals surface area contributed by atoms with Crippen molar-refractivity contribution < 1.29 is 31.1 Å². The van der Waals surface area contributed by atoms with Crippen LogP contribution in [-0.2, 0) is 25.3 Å². The zero-order valence-corrected chi connectivity index (χ0v) is 11.9. The van der Waals surface area contributed by atoms with Gasteiger partial charge in [0.1, 0.15) is 13.2 Å². The largest absolute Gasteiger partial charge is 0.411 e. The summed E-state index contributed by atoms with van der Waals surface area (Å²) in [6.07, 6.45) is -4.60. The third-order valence-corrected chi connectivity index (χ3v) is 3.46. The molecule has 0 spiro atoms. The Morgan fingerprint density at radius 2 is 1.86 bits per heavy atom. The Morgan fingerprint density at radius 3 is 2.36 bits per heavy atom. The van der Waals surface area contributed by atoms with E-state index < -0.39 is 41.1 Å². The van der Waals surface area contributed by atoms with E-state index >= 15 is 0 Å². The average molecular weight is 336 g/mol. The minimum absolute atomic E-state index is 0.315. The number of ether oxygens (including phenoxy) is 1. The normalized spacial score (nSPS) is 11.7. The van der Waals surface area contributed by atoms with Crippen LogP contribution in [0.25, 0.3) is 0 Å². The molecule has 0 saturated heterocycles. The Bertz CT molecular complexity index is 663. The molecule has 1 rings (SSSR count). The van der Waals surface area contributed by atoms with E-state index in [9.17, 15) is 26.4 Å². The lowest BCUT2D eigenvalue weighted by atomic mass is 10.2. The second-order valence-corrected chi connectivity index (χ2v) is 5.92. The van der Waals surface area contributed by atoms with Crippen molar-refractivity contribution >= 4 is 15.9 Å². The van der Waals surface area contributed by atoms with E-state index in [0.717, 1.165) is 0 Å². The van der Waals surface area contributed by atoms with Crippen molar-refractivity contribution in [3.05, 3.63) is 35.4 Å². The van der Waals surface area contributed by atoms with Crippen LogP contribution in [0.2, 0.25) is 0 Å². The fourth-order valence-corrected chi connectivity index (χ4v) is 2.50. The van der Waals surface area contributed by atoms with E-state index in [-0.39, 0.29) is 0 Å². The van der Waals surface area contributed by atoms with Crippen LogP contribution in [0.5, 0.6) is 0 Å². The monoisotopic (exact) mass is 336 g/mol. The molecular weight excluding hydrogens is 325 g/mol. The molecule has 0 aliphatic heterocycles. The van der Waals surface area contributed by atoms with Crippen LogP contribution >= 0.6 is 0 Å². The third kappa shape index (κ3) is 7.05. The van der Waals surface area contributed by atoms with E-state index in [4.69, 9.17) is 5.26 Å². The number of benzene rings is 1. The number of hydrogen-bond donors (Lipinski definition) is 1. The summed E-state index contributed by atoms with van der Waals surface area (Å²) >= 11 is 0. The quantitative estimate of drug-likeness (QED) is 0.839. The lowest BCUT2D eigenvalue weighted by Crippen LogP contribution is -2.35. The molecule has 0 aliphatic carbocycles. The van der Waals surface area contributed by atoms with Gasteiger partial charge in [0.05, 0.1) is 17.4 Å². The summed E-state index contributed by atoms with van der Waals surface area (Å²) < 4.78 is 64.3. The molecule has 0 bridgehead atoms. The topological polar surface area (TPSA) is 96.3 Å². The van der Waals surface area contributed by atoms with Crippen LogP contribution in [0, 0.1) is 11.3 Å². The van der Waals surface area contributed by atoms with E-state index in [1.807, 2.05) is 6.07 Å². The Balaban J connectivity index is 2.52. The maximum Gasteiger partial charge on any atom is 0.411 e. The third-order valence-electron chi connectivity index (χ3n) is 2.21. The van der Waals surface area contributed by atoms with Gasteiger partial charge in [0.25, 0.3) is 5.91 Å². The van der Waals surface area contributed by atoms with Gasteiger partial charge in [0.2, 0.25) is 10.0 Å². The molecule has 0 aliphatic rings. The molecular formula is C12H11F3N2O4S. The molecule has 0 unspecified atom stereocenters. The molecule has 22 heavy (non-hydrogen) atoms. The highest BCUT2D eigenvalue weighted by atomic mass is 32.2. The maximum atomic E-state index is 11.8.